The van der Waals surface area contributed by atoms with E-state index in [2.05, 4.69) is 30.9 Å². The van der Waals surface area contributed by atoms with Crippen LogP contribution >= 0.6 is 11.3 Å². The van der Waals surface area contributed by atoms with Gasteiger partial charge in [-0.3, -0.25) is 4.98 Å². The van der Waals surface area contributed by atoms with Crippen LogP contribution in [0.4, 0.5) is 10.8 Å². The molecule has 1 aromatic carbocycles. The van der Waals surface area contributed by atoms with E-state index in [1.54, 1.807) is 11.3 Å². The van der Waals surface area contributed by atoms with E-state index in [1.807, 2.05) is 55.9 Å². The number of pyridine rings is 1. The number of hydrogen-bond acceptors (Lipinski definition) is 5. The van der Waals surface area contributed by atoms with E-state index >= 15 is 0 Å². The van der Waals surface area contributed by atoms with Gasteiger partial charge in [-0.15, -0.1) is 11.3 Å². The summed E-state index contributed by atoms with van der Waals surface area (Å²) in [6.07, 6.45) is 1.81. The Morgan fingerprint density at radius 3 is 2.74 bits per heavy atom. The molecule has 114 valence electrons. The number of thiazole rings is 1. The topological polar surface area (TPSA) is 55.6 Å². The van der Waals surface area contributed by atoms with Gasteiger partial charge in [0, 0.05) is 18.1 Å². The predicted octanol–water partition coefficient (Wildman–Crippen LogP) is 4.14. The van der Waals surface area contributed by atoms with Crippen LogP contribution in [0.15, 0.2) is 48.0 Å². The minimum absolute atomic E-state index is 0.831. The van der Waals surface area contributed by atoms with Gasteiger partial charge in [0.25, 0.3) is 0 Å². The van der Waals surface area contributed by atoms with E-state index in [9.17, 15) is 0 Å². The zero-order valence-electron chi connectivity index (χ0n) is 12.8. The average Bonchev–Trinajstić information content (AvgIpc) is 3.15. The average molecular weight is 321 g/mol. The molecule has 0 aliphatic carbocycles. The molecule has 0 spiro atoms. The van der Waals surface area contributed by atoms with Gasteiger partial charge in [0.1, 0.15) is 5.69 Å². The second-order valence-corrected chi connectivity index (χ2v) is 6.19. The summed E-state index contributed by atoms with van der Waals surface area (Å²) in [4.78, 5) is 13.6. The summed E-state index contributed by atoms with van der Waals surface area (Å²) in [5, 5.41) is 6.13. The lowest BCUT2D eigenvalue weighted by molar-refractivity contribution is 0.953. The van der Waals surface area contributed by atoms with Gasteiger partial charge in [-0.05, 0) is 31.2 Å². The molecule has 4 rings (SSSR count). The Balaban J connectivity index is 1.66. The van der Waals surface area contributed by atoms with Crippen LogP contribution in [0, 0.1) is 6.92 Å². The van der Waals surface area contributed by atoms with E-state index < -0.39 is 0 Å². The molecule has 0 fully saturated rings. The van der Waals surface area contributed by atoms with Gasteiger partial charge in [0.05, 0.1) is 22.9 Å². The Bertz CT molecular complexity index is 968. The van der Waals surface area contributed by atoms with Crippen molar-refractivity contribution in [2.24, 2.45) is 7.05 Å². The van der Waals surface area contributed by atoms with Gasteiger partial charge in [-0.25, -0.2) is 9.97 Å². The van der Waals surface area contributed by atoms with Crippen molar-refractivity contribution in [3.05, 3.63) is 53.7 Å². The lowest BCUT2D eigenvalue weighted by Gasteiger charge is -2.02. The molecule has 6 heteroatoms. The molecule has 0 saturated heterocycles. The number of nitrogens with one attached hydrogen (secondary N) is 1. The zero-order valence-corrected chi connectivity index (χ0v) is 13.6. The first kappa shape index (κ1) is 13.9. The summed E-state index contributed by atoms with van der Waals surface area (Å²) in [6.45, 7) is 1.97. The summed E-state index contributed by atoms with van der Waals surface area (Å²) in [6, 6.07) is 12.1. The highest BCUT2D eigenvalue weighted by Crippen LogP contribution is 2.28. The summed E-state index contributed by atoms with van der Waals surface area (Å²) in [5.74, 6) is 0.873. The number of nitrogens with zero attached hydrogens (tertiary/aromatic N) is 4. The third-order valence-electron chi connectivity index (χ3n) is 3.68. The molecule has 0 saturated carbocycles. The molecule has 0 unspecified atom stereocenters. The number of aromatic nitrogens is 4. The fraction of sp³-hybridized carbons (Fsp3) is 0.118. The summed E-state index contributed by atoms with van der Waals surface area (Å²) in [7, 11) is 2.01. The smallest absolute Gasteiger partial charge is 0.187 e. The number of anilines is 2. The standard InChI is InChI=1S/C17H15N5S/c1-11-7-8-12(9-18-11)19-17-21-14(10-23-17)16-20-13-5-3-4-6-15(13)22(16)2/h3-10H,1-2H3,(H,19,21). The van der Waals surface area contributed by atoms with E-state index in [0.717, 1.165) is 39.1 Å². The quantitative estimate of drug-likeness (QED) is 0.616. The predicted molar refractivity (Wildman–Crippen MR) is 94.1 cm³/mol. The molecule has 1 N–H and O–H groups in total. The normalized spacial score (nSPS) is 11.0. The first-order valence-corrected chi connectivity index (χ1v) is 8.16. The van der Waals surface area contributed by atoms with Crippen molar-refractivity contribution in [2.45, 2.75) is 6.92 Å². The van der Waals surface area contributed by atoms with Crippen LogP contribution in [0.3, 0.4) is 0 Å². The third-order valence-corrected chi connectivity index (χ3v) is 4.44. The maximum atomic E-state index is 4.68. The van der Waals surface area contributed by atoms with Crippen molar-refractivity contribution in [1.29, 1.82) is 0 Å². The van der Waals surface area contributed by atoms with Gasteiger partial charge < -0.3 is 9.88 Å². The number of imidazole rings is 1. The molecule has 0 amide bonds. The van der Waals surface area contributed by atoms with Crippen LogP contribution in [0.25, 0.3) is 22.6 Å². The van der Waals surface area contributed by atoms with Crippen molar-refractivity contribution in [3.8, 4) is 11.5 Å². The Hall–Kier alpha value is -2.73. The second-order valence-electron chi connectivity index (χ2n) is 5.33. The van der Waals surface area contributed by atoms with Crippen LogP contribution < -0.4 is 5.32 Å². The van der Waals surface area contributed by atoms with Crippen molar-refractivity contribution < 1.29 is 0 Å². The molecule has 3 aromatic heterocycles. The number of benzene rings is 1. The Kier molecular flexibility index (Phi) is 3.31. The molecular weight excluding hydrogens is 306 g/mol. The van der Waals surface area contributed by atoms with Gasteiger partial charge in [0.2, 0.25) is 0 Å². The first-order chi connectivity index (χ1) is 11.2. The fourth-order valence-electron chi connectivity index (χ4n) is 2.47. The highest BCUT2D eigenvalue weighted by Gasteiger charge is 2.12. The van der Waals surface area contributed by atoms with Crippen molar-refractivity contribution in [2.75, 3.05) is 5.32 Å². The number of hydrogen-bond donors (Lipinski definition) is 1. The first-order valence-electron chi connectivity index (χ1n) is 7.28. The summed E-state index contributed by atoms with van der Waals surface area (Å²) < 4.78 is 2.07. The largest absolute Gasteiger partial charge is 0.330 e. The van der Waals surface area contributed by atoms with Crippen LogP contribution in [0.1, 0.15) is 5.69 Å². The monoisotopic (exact) mass is 321 g/mol. The molecule has 0 bridgehead atoms. The number of fused-ring (bicyclic) bond motifs is 1. The van der Waals surface area contributed by atoms with Crippen LogP contribution in [0.2, 0.25) is 0 Å². The number of aryl methyl sites for hydroxylation is 2. The molecule has 0 radical (unpaired) electrons. The summed E-state index contributed by atoms with van der Waals surface area (Å²) in [5.41, 5.74) is 4.89. The van der Waals surface area contributed by atoms with Crippen LogP contribution in [-0.2, 0) is 7.05 Å². The second kappa shape index (κ2) is 5.48. The maximum Gasteiger partial charge on any atom is 0.187 e. The van der Waals surface area contributed by atoms with Crippen LogP contribution in [-0.4, -0.2) is 19.5 Å². The van der Waals surface area contributed by atoms with E-state index in [1.165, 1.54) is 0 Å². The lowest BCUT2D eigenvalue weighted by Crippen LogP contribution is -1.94. The van der Waals surface area contributed by atoms with Gasteiger partial charge in [-0.1, -0.05) is 12.1 Å². The van der Waals surface area contributed by atoms with E-state index in [4.69, 9.17) is 0 Å². The molecule has 23 heavy (non-hydrogen) atoms. The number of para-hydroxylation sites is 2. The minimum Gasteiger partial charge on any atom is -0.330 e. The maximum absolute atomic E-state index is 4.68. The molecule has 5 nitrogen and oxygen atoms in total. The van der Waals surface area contributed by atoms with Crippen molar-refractivity contribution in [1.82, 2.24) is 19.5 Å². The van der Waals surface area contributed by atoms with E-state index in [-0.39, 0.29) is 0 Å². The molecule has 3 heterocycles. The highest BCUT2D eigenvalue weighted by atomic mass is 32.1. The molecular formula is C17H15N5S. The molecule has 0 atom stereocenters. The van der Waals surface area contributed by atoms with Gasteiger partial charge in [-0.2, -0.15) is 0 Å². The fourth-order valence-corrected chi connectivity index (χ4v) is 3.18. The Morgan fingerprint density at radius 2 is 1.96 bits per heavy atom. The molecule has 4 aromatic rings. The Morgan fingerprint density at radius 1 is 1.09 bits per heavy atom. The molecule has 0 aliphatic heterocycles. The number of rotatable bonds is 3. The van der Waals surface area contributed by atoms with Gasteiger partial charge >= 0.3 is 0 Å². The SMILES string of the molecule is Cc1ccc(Nc2nc(-c3nc4ccccc4n3C)cs2)cn1. The van der Waals surface area contributed by atoms with Crippen LogP contribution in [0.5, 0.6) is 0 Å². The summed E-state index contributed by atoms with van der Waals surface area (Å²) >= 11 is 1.56. The Labute approximate surface area is 137 Å². The third kappa shape index (κ3) is 2.57. The highest BCUT2D eigenvalue weighted by molar-refractivity contribution is 7.14. The van der Waals surface area contributed by atoms with Gasteiger partial charge in [0.15, 0.2) is 11.0 Å². The molecule has 0 aliphatic rings. The lowest BCUT2D eigenvalue weighted by atomic mass is 10.3. The minimum atomic E-state index is 0.831. The zero-order chi connectivity index (χ0) is 15.8. The van der Waals surface area contributed by atoms with E-state index in [0.29, 0.717) is 0 Å². The van der Waals surface area contributed by atoms with Crippen molar-refractivity contribution in [3.63, 3.8) is 0 Å². The van der Waals surface area contributed by atoms with Crippen molar-refractivity contribution >= 4 is 33.2 Å².